The highest BCUT2D eigenvalue weighted by molar-refractivity contribution is 7.15. The predicted molar refractivity (Wildman–Crippen MR) is 82.8 cm³/mol. The predicted octanol–water partition coefficient (Wildman–Crippen LogP) is 2.35. The van der Waals surface area contributed by atoms with Crippen LogP contribution in [0.3, 0.4) is 0 Å². The first-order valence-electron chi connectivity index (χ1n) is 7.30. The summed E-state index contributed by atoms with van der Waals surface area (Å²) in [6, 6.07) is 0. The molecular weight excluding hydrogens is 256 g/mol. The molecule has 0 aliphatic carbocycles. The van der Waals surface area contributed by atoms with Crippen molar-refractivity contribution in [3.63, 3.8) is 0 Å². The quantitative estimate of drug-likeness (QED) is 0.868. The maximum Gasteiger partial charge on any atom is 0.182 e. The van der Waals surface area contributed by atoms with Gasteiger partial charge in [-0.1, -0.05) is 13.8 Å². The summed E-state index contributed by atoms with van der Waals surface area (Å²) in [5.41, 5.74) is 0. The molecule has 0 radical (unpaired) electrons. The maximum absolute atomic E-state index is 4.40. The van der Waals surface area contributed by atoms with Crippen LogP contribution in [0.25, 0.3) is 0 Å². The Labute approximate surface area is 120 Å². The van der Waals surface area contributed by atoms with Gasteiger partial charge in [-0.3, -0.25) is 4.90 Å². The van der Waals surface area contributed by atoms with Gasteiger partial charge in [-0.2, -0.15) is 0 Å². The van der Waals surface area contributed by atoms with E-state index in [1.54, 1.807) is 11.3 Å². The molecule has 0 saturated carbocycles. The van der Waals surface area contributed by atoms with Crippen LogP contribution >= 0.6 is 11.3 Å². The van der Waals surface area contributed by atoms with Crippen molar-refractivity contribution in [3.05, 3.63) is 11.1 Å². The van der Waals surface area contributed by atoms with Crippen molar-refractivity contribution in [3.8, 4) is 0 Å². The molecule has 1 aromatic heterocycles. The zero-order chi connectivity index (χ0) is 13.7. The van der Waals surface area contributed by atoms with Gasteiger partial charge in [0.1, 0.15) is 0 Å². The van der Waals surface area contributed by atoms with Gasteiger partial charge in [-0.25, -0.2) is 4.98 Å². The summed E-state index contributed by atoms with van der Waals surface area (Å²) in [5.74, 6) is 0.774. The van der Waals surface area contributed by atoms with Crippen molar-refractivity contribution in [2.75, 3.05) is 44.6 Å². The average molecular weight is 282 g/mol. The number of piperazine rings is 1. The number of aromatic nitrogens is 1. The van der Waals surface area contributed by atoms with E-state index >= 15 is 0 Å². The molecule has 0 atom stereocenters. The summed E-state index contributed by atoms with van der Waals surface area (Å²) < 4.78 is 0. The second-order valence-corrected chi connectivity index (χ2v) is 6.75. The van der Waals surface area contributed by atoms with Crippen LogP contribution in [-0.4, -0.2) is 54.1 Å². The van der Waals surface area contributed by atoms with E-state index in [-0.39, 0.29) is 0 Å². The maximum atomic E-state index is 4.40. The SMILES string of the molecule is CCNc1ncc(CN2CCN(CC(C)C)CC2)s1. The van der Waals surface area contributed by atoms with Gasteiger partial charge in [0.2, 0.25) is 0 Å². The molecule has 1 N–H and O–H groups in total. The fraction of sp³-hybridized carbons (Fsp3) is 0.786. The highest BCUT2D eigenvalue weighted by Gasteiger charge is 2.18. The number of hydrogen-bond donors (Lipinski definition) is 1. The minimum atomic E-state index is 0.774. The molecule has 108 valence electrons. The lowest BCUT2D eigenvalue weighted by Gasteiger charge is -2.35. The van der Waals surface area contributed by atoms with Crippen LogP contribution in [-0.2, 0) is 6.54 Å². The molecule has 0 bridgehead atoms. The molecule has 1 aromatic rings. The van der Waals surface area contributed by atoms with Gasteiger partial charge in [0.25, 0.3) is 0 Å². The molecule has 2 heterocycles. The van der Waals surface area contributed by atoms with Gasteiger partial charge < -0.3 is 10.2 Å². The molecule has 1 aliphatic heterocycles. The normalized spacial score (nSPS) is 18.1. The topological polar surface area (TPSA) is 31.4 Å². The van der Waals surface area contributed by atoms with E-state index in [1.807, 2.05) is 6.20 Å². The van der Waals surface area contributed by atoms with Crippen molar-refractivity contribution >= 4 is 16.5 Å². The Morgan fingerprint density at radius 2 is 1.95 bits per heavy atom. The van der Waals surface area contributed by atoms with Crippen LogP contribution in [0, 0.1) is 5.92 Å². The molecule has 0 amide bonds. The Hall–Kier alpha value is -0.650. The second-order valence-electron chi connectivity index (χ2n) is 5.63. The summed E-state index contributed by atoms with van der Waals surface area (Å²) in [6.07, 6.45) is 2.02. The zero-order valence-electron chi connectivity index (χ0n) is 12.4. The summed E-state index contributed by atoms with van der Waals surface area (Å²) in [7, 11) is 0. The first-order valence-corrected chi connectivity index (χ1v) is 8.12. The molecule has 5 heteroatoms. The third-order valence-electron chi connectivity index (χ3n) is 3.35. The highest BCUT2D eigenvalue weighted by Crippen LogP contribution is 2.20. The van der Waals surface area contributed by atoms with Crippen molar-refractivity contribution in [2.45, 2.75) is 27.3 Å². The number of rotatable bonds is 6. The number of anilines is 1. The molecule has 1 fully saturated rings. The standard InChI is InChI=1S/C14H26N4S/c1-4-15-14-16-9-13(19-14)11-18-7-5-17(6-8-18)10-12(2)3/h9,12H,4-8,10-11H2,1-3H3,(H,15,16). The summed E-state index contributed by atoms with van der Waals surface area (Å²) in [5, 5.41) is 4.33. The summed E-state index contributed by atoms with van der Waals surface area (Å²) in [4.78, 5) is 10.9. The molecule has 0 unspecified atom stereocenters. The Morgan fingerprint density at radius 1 is 1.26 bits per heavy atom. The van der Waals surface area contributed by atoms with Gasteiger partial charge in [0, 0.05) is 56.9 Å². The number of hydrogen-bond acceptors (Lipinski definition) is 5. The molecule has 0 spiro atoms. The van der Waals surface area contributed by atoms with Crippen molar-refractivity contribution in [1.29, 1.82) is 0 Å². The van der Waals surface area contributed by atoms with Crippen molar-refractivity contribution < 1.29 is 0 Å². The molecule has 19 heavy (non-hydrogen) atoms. The van der Waals surface area contributed by atoms with Crippen LogP contribution in [0.15, 0.2) is 6.20 Å². The van der Waals surface area contributed by atoms with Crippen LogP contribution in [0.5, 0.6) is 0 Å². The minimum Gasteiger partial charge on any atom is -0.362 e. The summed E-state index contributed by atoms with van der Waals surface area (Å²) >= 11 is 1.79. The molecule has 0 aromatic carbocycles. The zero-order valence-corrected chi connectivity index (χ0v) is 13.2. The molecule has 4 nitrogen and oxygen atoms in total. The van der Waals surface area contributed by atoms with Crippen LogP contribution < -0.4 is 5.32 Å². The third kappa shape index (κ3) is 4.75. The van der Waals surface area contributed by atoms with Crippen LogP contribution in [0.2, 0.25) is 0 Å². The van der Waals surface area contributed by atoms with Gasteiger partial charge in [-0.15, -0.1) is 11.3 Å². The first-order chi connectivity index (χ1) is 9.17. The fourth-order valence-electron chi connectivity index (χ4n) is 2.48. The van der Waals surface area contributed by atoms with E-state index in [1.165, 1.54) is 37.6 Å². The van der Waals surface area contributed by atoms with E-state index in [4.69, 9.17) is 0 Å². The van der Waals surface area contributed by atoms with Gasteiger partial charge in [-0.05, 0) is 12.8 Å². The van der Waals surface area contributed by atoms with Crippen molar-refractivity contribution in [1.82, 2.24) is 14.8 Å². The van der Waals surface area contributed by atoms with E-state index in [0.29, 0.717) is 0 Å². The third-order valence-corrected chi connectivity index (χ3v) is 4.29. The number of nitrogens with zero attached hydrogens (tertiary/aromatic N) is 3. The Kier molecular flexibility index (Phi) is 5.60. The monoisotopic (exact) mass is 282 g/mol. The van der Waals surface area contributed by atoms with E-state index in [2.05, 4.69) is 40.9 Å². The fourth-order valence-corrected chi connectivity index (χ4v) is 3.40. The summed E-state index contributed by atoms with van der Waals surface area (Å²) in [6.45, 7) is 14.7. The van der Waals surface area contributed by atoms with Crippen LogP contribution in [0.1, 0.15) is 25.6 Å². The second kappa shape index (κ2) is 7.22. The van der Waals surface area contributed by atoms with Crippen molar-refractivity contribution in [2.24, 2.45) is 5.92 Å². The average Bonchev–Trinajstić information content (AvgIpc) is 2.79. The molecule has 2 rings (SSSR count). The van der Waals surface area contributed by atoms with Gasteiger partial charge >= 0.3 is 0 Å². The van der Waals surface area contributed by atoms with E-state index in [0.717, 1.165) is 24.1 Å². The first kappa shape index (κ1) is 14.8. The van der Waals surface area contributed by atoms with Gasteiger partial charge in [0.05, 0.1) is 0 Å². The largest absolute Gasteiger partial charge is 0.362 e. The molecule has 1 saturated heterocycles. The Balaban J connectivity index is 1.75. The number of nitrogens with one attached hydrogen (secondary N) is 1. The van der Waals surface area contributed by atoms with Crippen LogP contribution in [0.4, 0.5) is 5.13 Å². The Bertz CT molecular complexity index is 369. The van der Waals surface area contributed by atoms with Gasteiger partial charge in [0.15, 0.2) is 5.13 Å². The van der Waals surface area contributed by atoms with E-state index in [9.17, 15) is 0 Å². The molecule has 1 aliphatic rings. The molecular formula is C14H26N4S. The minimum absolute atomic E-state index is 0.774. The lowest BCUT2D eigenvalue weighted by atomic mass is 10.2. The van der Waals surface area contributed by atoms with E-state index < -0.39 is 0 Å². The number of thiazole rings is 1. The lowest BCUT2D eigenvalue weighted by Crippen LogP contribution is -2.46. The lowest BCUT2D eigenvalue weighted by molar-refractivity contribution is 0.118. The highest BCUT2D eigenvalue weighted by atomic mass is 32.1. The smallest absolute Gasteiger partial charge is 0.182 e. The Morgan fingerprint density at radius 3 is 2.58 bits per heavy atom.